The van der Waals surface area contributed by atoms with E-state index in [0.29, 0.717) is 6.42 Å². The molecule has 0 spiro atoms. The molecule has 66 valence electrons. The summed E-state index contributed by atoms with van der Waals surface area (Å²) in [5.41, 5.74) is 0.778. The molecule has 3 saturated carbocycles. The summed E-state index contributed by atoms with van der Waals surface area (Å²) in [7, 11) is 0. The number of hydrogen-bond donors (Lipinski definition) is 1. The topological polar surface area (TPSA) is 37.3 Å². The Balaban J connectivity index is 2.35. The van der Waals surface area contributed by atoms with Crippen molar-refractivity contribution in [2.75, 3.05) is 0 Å². The van der Waals surface area contributed by atoms with E-state index in [0.717, 1.165) is 5.57 Å². The summed E-state index contributed by atoms with van der Waals surface area (Å²) in [4.78, 5) is 11.4. The molecule has 0 aromatic heterocycles. The number of fused-ring (bicyclic) bond motifs is 2. The second-order valence-electron chi connectivity index (χ2n) is 4.54. The summed E-state index contributed by atoms with van der Waals surface area (Å²) in [5, 5.41) is 9.48. The normalized spacial score (nSPS) is 44.1. The molecule has 3 fully saturated rings. The van der Waals surface area contributed by atoms with Crippen molar-refractivity contribution in [3.05, 3.63) is 12.2 Å². The third-order valence-electron chi connectivity index (χ3n) is 3.53. The third kappa shape index (κ3) is 0.667. The van der Waals surface area contributed by atoms with E-state index in [1.807, 2.05) is 0 Å². The van der Waals surface area contributed by atoms with Crippen molar-refractivity contribution in [3.63, 3.8) is 0 Å². The van der Waals surface area contributed by atoms with Crippen LogP contribution < -0.4 is 0 Å². The van der Waals surface area contributed by atoms with Gasteiger partial charge >= 0.3 is 0 Å². The molecule has 0 radical (unpaired) electrons. The molecular weight excluding hydrogens is 152 g/mol. The Bertz CT molecular complexity index is 265. The molecule has 0 amide bonds. The van der Waals surface area contributed by atoms with Gasteiger partial charge in [0.15, 0.2) is 0 Å². The highest BCUT2D eigenvalue weighted by molar-refractivity contribution is 5.95. The number of ketones is 1. The summed E-state index contributed by atoms with van der Waals surface area (Å²) in [5.74, 6) is 0.282. The smallest absolute Gasteiger partial charge is 0.144 e. The van der Waals surface area contributed by atoms with Crippen LogP contribution in [0.2, 0.25) is 0 Å². The van der Waals surface area contributed by atoms with Crippen molar-refractivity contribution in [1.82, 2.24) is 0 Å². The Morgan fingerprint density at radius 3 is 2.50 bits per heavy atom. The molecule has 2 heteroatoms. The number of carbonyl (C=O) groups excluding carboxylic acids is 1. The molecule has 2 bridgehead atoms. The van der Waals surface area contributed by atoms with Gasteiger partial charge in [0.05, 0.1) is 6.10 Å². The fourth-order valence-corrected chi connectivity index (χ4v) is 2.69. The van der Waals surface area contributed by atoms with Crippen LogP contribution in [0.15, 0.2) is 12.2 Å². The third-order valence-corrected chi connectivity index (χ3v) is 3.53. The molecule has 3 aliphatic rings. The van der Waals surface area contributed by atoms with Gasteiger partial charge in [0, 0.05) is 11.8 Å². The van der Waals surface area contributed by atoms with Gasteiger partial charge in [0.2, 0.25) is 0 Å². The van der Waals surface area contributed by atoms with Gasteiger partial charge in [0.25, 0.3) is 0 Å². The Morgan fingerprint density at radius 2 is 2.17 bits per heavy atom. The molecule has 1 N–H and O–H groups in total. The van der Waals surface area contributed by atoms with Gasteiger partial charge in [-0.15, -0.1) is 0 Å². The van der Waals surface area contributed by atoms with Crippen molar-refractivity contribution < 1.29 is 9.90 Å². The first-order valence-corrected chi connectivity index (χ1v) is 4.36. The second kappa shape index (κ2) is 1.99. The van der Waals surface area contributed by atoms with Gasteiger partial charge in [-0.1, -0.05) is 20.4 Å². The molecule has 0 aromatic rings. The molecule has 0 saturated heterocycles. The summed E-state index contributed by atoms with van der Waals surface area (Å²) >= 11 is 0. The minimum Gasteiger partial charge on any atom is -0.389 e. The highest BCUT2D eigenvalue weighted by Crippen LogP contribution is 2.58. The molecule has 3 aliphatic carbocycles. The maximum absolute atomic E-state index is 11.4. The predicted octanol–water partition coefficient (Wildman–Crippen LogP) is 1.15. The SMILES string of the molecule is C=C1C(O)CC2C(=O)C1C2(C)C. The number of rotatable bonds is 0. The van der Waals surface area contributed by atoms with E-state index < -0.39 is 6.10 Å². The van der Waals surface area contributed by atoms with E-state index >= 15 is 0 Å². The Morgan fingerprint density at radius 1 is 1.58 bits per heavy atom. The summed E-state index contributed by atoms with van der Waals surface area (Å²) < 4.78 is 0. The van der Waals surface area contributed by atoms with Crippen molar-refractivity contribution in [1.29, 1.82) is 0 Å². The lowest BCUT2D eigenvalue weighted by atomic mass is 9.46. The molecule has 12 heavy (non-hydrogen) atoms. The highest BCUT2D eigenvalue weighted by atomic mass is 16.3. The summed E-state index contributed by atoms with van der Waals surface area (Å²) in [6, 6.07) is 0. The van der Waals surface area contributed by atoms with E-state index in [1.165, 1.54) is 0 Å². The van der Waals surface area contributed by atoms with Gasteiger partial charge in [-0.05, 0) is 17.4 Å². The largest absolute Gasteiger partial charge is 0.389 e. The van der Waals surface area contributed by atoms with Gasteiger partial charge < -0.3 is 5.11 Å². The van der Waals surface area contributed by atoms with Crippen LogP contribution in [-0.4, -0.2) is 17.0 Å². The van der Waals surface area contributed by atoms with Crippen molar-refractivity contribution in [3.8, 4) is 0 Å². The molecular formula is C10H14O2. The van der Waals surface area contributed by atoms with Crippen LogP contribution in [0.5, 0.6) is 0 Å². The number of carbonyl (C=O) groups is 1. The van der Waals surface area contributed by atoms with Crippen molar-refractivity contribution in [2.24, 2.45) is 17.3 Å². The number of Topliss-reactive ketones (excluding diaryl/α,β-unsaturated/α-hetero) is 1. The molecule has 3 rings (SSSR count). The van der Waals surface area contributed by atoms with Gasteiger partial charge in [0.1, 0.15) is 5.78 Å². The Labute approximate surface area is 72.3 Å². The number of aliphatic hydroxyl groups is 1. The van der Waals surface area contributed by atoms with Crippen molar-refractivity contribution in [2.45, 2.75) is 26.4 Å². The minimum atomic E-state index is -0.439. The fraction of sp³-hybridized carbons (Fsp3) is 0.700. The molecule has 0 aliphatic heterocycles. The van der Waals surface area contributed by atoms with E-state index in [2.05, 4.69) is 20.4 Å². The van der Waals surface area contributed by atoms with Crippen LogP contribution >= 0.6 is 0 Å². The Hall–Kier alpha value is -0.630. The quantitative estimate of drug-likeness (QED) is 0.548. The second-order valence-corrected chi connectivity index (χ2v) is 4.54. The molecule has 3 unspecified atom stereocenters. The lowest BCUT2D eigenvalue weighted by molar-refractivity contribution is -0.158. The lowest BCUT2D eigenvalue weighted by Gasteiger charge is -2.56. The Kier molecular flexibility index (Phi) is 1.33. The van der Waals surface area contributed by atoms with Gasteiger partial charge in [-0.25, -0.2) is 0 Å². The van der Waals surface area contributed by atoms with Crippen LogP contribution in [0, 0.1) is 17.3 Å². The monoisotopic (exact) mass is 166 g/mol. The number of hydrogen-bond acceptors (Lipinski definition) is 2. The minimum absolute atomic E-state index is 0.0490. The molecule has 0 heterocycles. The van der Waals surface area contributed by atoms with Crippen LogP contribution in [0.3, 0.4) is 0 Å². The maximum atomic E-state index is 11.4. The molecule has 2 nitrogen and oxygen atoms in total. The number of aliphatic hydroxyl groups excluding tert-OH is 1. The van der Waals surface area contributed by atoms with E-state index in [4.69, 9.17) is 0 Å². The van der Waals surface area contributed by atoms with Crippen LogP contribution in [0.4, 0.5) is 0 Å². The first-order chi connectivity index (χ1) is 5.46. The average molecular weight is 166 g/mol. The maximum Gasteiger partial charge on any atom is 0.144 e. The zero-order valence-corrected chi connectivity index (χ0v) is 7.50. The first-order valence-electron chi connectivity index (χ1n) is 4.36. The fourth-order valence-electron chi connectivity index (χ4n) is 2.69. The van der Waals surface area contributed by atoms with Crippen molar-refractivity contribution >= 4 is 5.78 Å². The zero-order valence-electron chi connectivity index (χ0n) is 7.50. The standard InChI is InChI=1S/C10H14O2/c1-5-7(11)4-6-9(12)8(5)10(6,2)3/h6-8,11H,1,4H2,2-3H3. The first kappa shape index (κ1) is 7.99. The summed E-state index contributed by atoms with van der Waals surface area (Å²) in [6.07, 6.45) is 0.145. The van der Waals surface area contributed by atoms with Crippen LogP contribution in [-0.2, 0) is 4.79 Å². The van der Waals surface area contributed by atoms with Gasteiger partial charge in [-0.2, -0.15) is 0 Å². The van der Waals surface area contributed by atoms with Crippen LogP contribution in [0.1, 0.15) is 20.3 Å². The average Bonchev–Trinajstić information content (AvgIpc) is 1.96. The zero-order chi connectivity index (χ0) is 9.09. The summed E-state index contributed by atoms with van der Waals surface area (Å²) in [6.45, 7) is 7.96. The van der Waals surface area contributed by atoms with E-state index in [-0.39, 0.29) is 23.0 Å². The predicted molar refractivity (Wildman–Crippen MR) is 45.5 cm³/mol. The molecule has 0 aromatic carbocycles. The van der Waals surface area contributed by atoms with Crippen LogP contribution in [0.25, 0.3) is 0 Å². The molecule has 3 atom stereocenters. The highest BCUT2D eigenvalue weighted by Gasteiger charge is 2.61. The van der Waals surface area contributed by atoms with E-state index in [1.54, 1.807) is 0 Å². The van der Waals surface area contributed by atoms with E-state index in [9.17, 15) is 9.90 Å². The lowest BCUT2D eigenvalue weighted by Crippen LogP contribution is -2.61. The van der Waals surface area contributed by atoms with Gasteiger partial charge in [-0.3, -0.25) is 4.79 Å².